The van der Waals surface area contributed by atoms with E-state index in [9.17, 15) is 9.59 Å². The molecule has 27 heavy (non-hydrogen) atoms. The molecule has 5 nitrogen and oxygen atoms in total. The van der Waals surface area contributed by atoms with Crippen LogP contribution < -0.4 is 4.74 Å². The third-order valence-corrected chi connectivity index (χ3v) is 5.10. The Morgan fingerprint density at radius 2 is 1.33 bits per heavy atom. The van der Waals surface area contributed by atoms with Crippen LogP contribution >= 0.6 is 15.9 Å². The quantitative estimate of drug-likeness (QED) is 0.740. The second-order valence-corrected chi connectivity index (χ2v) is 7.32. The van der Waals surface area contributed by atoms with E-state index in [0.29, 0.717) is 43.9 Å². The van der Waals surface area contributed by atoms with Crippen molar-refractivity contribution in [3.8, 4) is 5.75 Å². The fraction of sp³-hybridized carbons (Fsp3) is 0.333. The number of carbonyl (C=O) groups excluding carboxylic acids is 2. The van der Waals surface area contributed by atoms with E-state index in [-0.39, 0.29) is 11.8 Å². The van der Waals surface area contributed by atoms with Crippen molar-refractivity contribution in [3.63, 3.8) is 0 Å². The minimum Gasteiger partial charge on any atom is -0.494 e. The van der Waals surface area contributed by atoms with E-state index in [1.807, 2.05) is 53.1 Å². The summed E-state index contributed by atoms with van der Waals surface area (Å²) in [6.07, 6.45) is 0.769. The Hall–Kier alpha value is -2.34. The molecule has 1 heterocycles. The maximum absolute atomic E-state index is 12.8. The standard InChI is InChI=1S/C21H23BrN2O3/c1-2-27-19-10-6-17(7-11-19)21(26)24-13-3-12-23(14-15-24)20(25)16-4-8-18(22)9-5-16/h4-11H,2-3,12-15H2,1H3. The molecule has 0 atom stereocenters. The van der Waals surface area contributed by atoms with E-state index in [1.165, 1.54) is 0 Å². The lowest BCUT2D eigenvalue weighted by molar-refractivity contribution is 0.0718. The van der Waals surface area contributed by atoms with Crippen LogP contribution in [-0.2, 0) is 0 Å². The van der Waals surface area contributed by atoms with Gasteiger partial charge in [-0.3, -0.25) is 9.59 Å². The molecule has 1 aliphatic rings. The molecule has 3 rings (SSSR count). The Morgan fingerprint density at radius 3 is 1.81 bits per heavy atom. The van der Waals surface area contributed by atoms with Gasteiger partial charge in [0.25, 0.3) is 11.8 Å². The van der Waals surface area contributed by atoms with Crippen LogP contribution in [0, 0.1) is 0 Å². The summed E-state index contributed by atoms with van der Waals surface area (Å²) in [5.41, 5.74) is 1.32. The van der Waals surface area contributed by atoms with Gasteiger partial charge >= 0.3 is 0 Å². The number of hydrogen-bond acceptors (Lipinski definition) is 3. The van der Waals surface area contributed by atoms with Crippen molar-refractivity contribution in [2.75, 3.05) is 32.8 Å². The zero-order valence-corrected chi connectivity index (χ0v) is 16.9. The van der Waals surface area contributed by atoms with Crippen LogP contribution in [0.25, 0.3) is 0 Å². The van der Waals surface area contributed by atoms with Crippen molar-refractivity contribution in [1.29, 1.82) is 0 Å². The second-order valence-electron chi connectivity index (χ2n) is 6.40. The lowest BCUT2D eigenvalue weighted by Gasteiger charge is -2.22. The van der Waals surface area contributed by atoms with Crippen molar-refractivity contribution in [3.05, 3.63) is 64.1 Å². The first-order valence-electron chi connectivity index (χ1n) is 9.15. The summed E-state index contributed by atoms with van der Waals surface area (Å²) >= 11 is 3.39. The lowest BCUT2D eigenvalue weighted by Crippen LogP contribution is -2.37. The molecule has 1 saturated heterocycles. The number of halogens is 1. The summed E-state index contributed by atoms with van der Waals surface area (Å²) in [5.74, 6) is 0.769. The normalized spacial score (nSPS) is 14.6. The summed E-state index contributed by atoms with van der Waals surface area (Å²) in [6, 6.07) is 14.6. The number of nitrogens with zero attached hydrogens (tertiary/aromatic N) is 2. The van der Waals surface area contributed by atoms with Gasteiger partial charge in [-0.15, -0.1) is 0 Å². The molecule has 0 spiro atoms. The molecule has 6 heteroatoms. The molecule has 0 unspecified atom stereocenters. The summed E-state index contributed by atoms with van der Waals surface area (Å²) in [6.45, 7) is 4.91. The van der Waals surface area contributed by atoms with Crippen molar-refractivity contribution < 1.29 is 14.3 Å². The molecular weight excluding hydrogens is 408 g/mol. The highest BCUT2D eigenvalue weighted by atomic mass is 79.9. The predicted molar refractivity (Wildman–Crippen MR) is 108 cm³/mol. The van der Waals surface area contributed by atoms with Gasteiger partial charge in [0.1, 0.15) is 5.75 Å². The third-order valence-electron chi connectivity index (χ3n) is 4.57. The Morgan fingerprint density at radius 1 is 0.852 bits per heavy atom. The van der Waals surface area contributed by atoms with Gasteiger partial charge in [-0.05, 0) is 61.9 Å². The highest BCUT2D eigenvalue weighted by Crippen LogP contribution is 2.17. The zero-order valence-electron chi connectivity index (χ0n) is 15.4. The van der Waals surface area contributed by atoms with E-state index < -0.39 is 0 Å². The lowest BCUT2D eigenvalue weighted by atomic mass is 10.2. The molecule has 0 radical (unpaired) electrons. The van der Waals surface area contributed by atoms with Crippen molar-refractivity contribution >= 4 is 27.7 Å². The third kappa shape index (κ3) is 4.89. The minimum atomic E-state index is -0.00371. The number of hydrogen-bond donors (Lipinski definition) is 0. The van der Waals surface area contributed by atoms with Crippen LogP contribution in [-0.4, -0.2) is 54.4 Å². The van der Waals surface area contributed by atoms with E-state index in [1.54, 1.807) is 12.1 Å². The highest BCUT2D eigenvalue weighted by Gasteiger charge is 2.23. The summed E-state index contributed by atoms with van der Waals surface area (Å²) < 4.78 is 6.37. The molecule has 2 aromatic rings. The van der Waals surface area contributed by atoms with Crippen molar-refractivity contribution in [2.24, 2.45) is 0 Å². The molecular formula is C21H23BrN2O3. The Labute approximate surface area is 168 Å². The Balaban J connectivity index is 1.62. The highest BCUT2D eigenvalue weighted by molar-refractivity contribution is 9.10. The SMILES string of the molecule is CCOc1ccc(C(=O)N2CCCN(C(=O)c3ccc(Br)cc3)CC2)cc1. The Bertz CT molecular complexity index is 790. The first-order valence-corrected chi connectivity index (χ1v) is 9.94. The van der Waals surface area contributed by atoms with Gasteiger partial charge in [0.2, 0.25) is 0 Å². The molecule has 0 aromatic heterocycles. The maximum Gasteiger partial charge on any atom is 0.253 e. The largest absolute Gasteiger partial charge is 0.494 e. The van der Waals surface area contributed by atoms with E-state index >= 15 is 0 Å². The number of carbonyl (C=O) groups is 2. The van der Waals surface area contributed by atoms with Gasteiger partial charge in [-0.1, -0.05) is 15.9 Å². The monoisotopic (exact) mass is 430 g/mol. The topological polar surface area (TPSA) is 49.9 Å². The molecule has 0 saturated carbocycles. The van der Waals surface area contributed by atoms with E-state index in [2.05, 4.69) is 15.9 Å². The van der Waals surface area contributed by atoms with Gasteiger partial charge in [0, 0.05) is 41.8 Å². The average Bonchev–Trinajstić information content (AvgIpc) is 2.94. The predicted octanol–water partition coefficient (Wildman–Crippen LogP) is 3.84. The van der Waals surface area contributed by atoms with Gasteiger partial charge in [-0.2, -0.15) is 0 Å². The zero-order chi connectivity index (χ0) is 19.2. The molecule has 2 aromatic carbocycles. The second kappa shape index (κ2) is 9.04. The molecule has 0 aliphatic carbocycles. The van der Waals surface area contributed by atoms with Crippen molar-refractivity contribution in [1.82, 2.24) is 9.80 Å². The van der Waals surface area contributed by atoms with Crippen LogP contribution in [0.1, 0.15) is 34.1 Å². The van der Waals surface area contributed by atoms with Crippen LogP contribution in [0.3, 0.4) is 0 Å². The van der Waals surface area contributed by atoms with Crippen LogP contribution in [0.2, 0.25) is 0 Å². The number of ether oxygens (including phenoxy) is 1. The maximum atomic E-state index is 12.8. The van der Waals surface area contributed by atoms with E-state index in [4.69, 9.17) is 4.74 Å². The van der Waals surface area contributed by atoms with E-state index in [0.717, 1.165) is 16.6 Å². The first-order chi connectivity index (χ1) is 13.1. The molecule has 2 amide bonds. The number of benzene rings is 2. The fourth-order valence-electron chi connectivity index (χ4n) is 3.14. The van der Waals surface area contributed by atoms with Crippen molar-refractivity contribution in [2.45, 2.75) is 13.3 Å². The molecule has 1 aliphatic heterocycles. The Kier molecular flexibility index (Phi) is 6.50. The molecule has 142 valence electrons. The fourth-order valence-corrected chi connectivity index (χ4v) is 3.41. The van der Waals surface area contributed by atoms with Crippen LogP contribution in [0.15, 0.2) is 53.0 Å². The number of rotatable bonds is 4. The van der Waals surface area contributed by atoms with Gasteiger partial charge in [0.05, 0.1) is 6.61 Å². The summed E-state index contributed by atoms with van der Waals surface area (Å²) in [4.78, 5) is 29.1. The van der Waals surface area contributed by atoms with Crippen LogP contribution in [0.4, 0.5) is 0 Å². The summed E-state index contributed by atoms with van der Waals surface area (Å²) in [7, 11) is 0. The first kappa shape index (κ1) is 19.4. The smallest absolute Gasteiger partial charge is 0.253 e. The summed E-state index contributed by atoms with van der Waals surface area (Å²) in [5, 5.41) is 0. The molecule has 0 N–H and O–H groups in total. The van der Waals surface area contributed by atoms with Gasteiger partial charge < -0.3 is 14.5 Å². The molecule has 1 fully saturated rings. The minimum absolute atomic E-state index is 0.00371. The van der Waals surface area contributed by atoms with Gasteiger partial charge in [0.15, 0.2) is 0 Å². The average molecular weight is 431 g/mol. The number of amides is 2. The van der Waals surface area contributed by atoms with Gasteiger partial charge in [-0.25, -0.2) is 0 Å². The molecule has 0 bridgehead atoms. The van der Waals surface area contributed by atoms with Crippen LogP contribution in [0.5, 0.6) is 5.75 Å².